The Bertz CT molecular complexity index is 1490. The van der Waals surface area contributed by atoms with Gasteiger partial charge in [0.2, 0.25) is 5.76 Å². The lowest BCUT2D eigenvalue weighted by molar-refractivity contribution is 0.0971. The quantitative estimate of drug-likeness (QED) is 0.326. The number of hydrogen-bond donors (Lipinski definition) is 0. The minimum absolute atomic E-state index is 0.0343. The summed E-state index contributed by atoms with van der Waals surface area (Å²) < 4.78 is 31.1. The van der Waals surface area contributed by atoms with E-state index in [0.717, 1.165) is 0 Å². The number of benzene rings is 3. The van der Waals surface area contributed by atoms with Crippen LogP contribution >= 0.6 is 0 Å². The third-order valence-corrected chi connectivity index (χ3v) is 5.82. The molecule has 4 aromatic rings. The molecule has 1 atom stereocenters. The summed E-state index contributed by atoms with van der Waals surface area (Å²) in [4.78, 5) is 28.7. The van der Waals surface area contributed by atoms with Gasteiger partial charge in [-0.1, -0.05) is 30.9 Å². The number of hydrogen-bond acceptors (Lipinski definition) is 5. The monoisotopic (exact) mass is 471 g/mol. The Kier molecular flexibility index (Phi) is 5.82. The minimum Gasteiger partial charge on any atom is -0.490 e. The molecule has 5 rings (SSSR count). The Hall–Kier alpha value is -4.39. The molecule has 1 aliphatic rings. The zero-order valence-corrected chi connectivity index (χ0v) is 19.0. The van der Waals surface area contributed by atoms with E-state index in [1.807, 2.05) is 6.92 Å². The number of ether oxygens (including phenoxy) is 2. The van der Waals surface area contributed by atoms with Crippen molar-refractivity contribution in [1.29, 1.82) is 0 Å². The molecule has 2 heterocycles. The first kappa shape index (κ1) is 22.4. The van der Waals surface area contributed by atoms with Crippen molar-refractivity contribution in [2.75, 3.05) is 18.1 Å². The van der Waals surface area contributed by atoms with Gasteiger partial charge >= 0.3 is 0 Å². The maximum Gasteiger partial charge on any atom is 0.295 e. The summed E-state index contributed by atoms with van der Waals surface area (Å²) in [6.45, 7) is 6.20. The molecule has 3 aromatic carbocycles. The van der Waals surface area contributed by atoms with Gasteiger partial charge in [-0.15, -0.1) is 0 Å². The lowest BCUT2D eigenvalue weighted by atomic mass is 9.97. The van der Waals surface area contributed by atoms with Gasteiger partial charge in [-0.25, -0.2) is 4.39 Å². The van der Waals surface area contributed by atoms with E-state index in [1.54, 1.807) is 48.5 Å². The summed E-state index contributed by atoms with van der Waals surface area (Å²) in [7, 11) is 0. The summed E-state index contributed by atoms with van der Waals surface area (Å²) in [6, 6.07) is 16.8. The van der Waals surface area contributed by atoms with Gasteiger partial charge in [-0.3, -0.25) is 14.5 Å². The lowest BCUT2D eigenvalue weighted by Gasteiger charge is -2.26. The van der Waals surface area contributed by atoms with Crippen LogP contribution in [0.25, 0.3) is 11.0 Å². The Labute approximate surface area is 200 Å². The second kappa shape index (κ2) is 9.10. The summed E-state index contributed by atoms with van der Waals surface area (Å²) in [6.07, 6.45) is 1.63. The van der Waals surface area contributed by atoms with Crippen LogP contribution < -0.4 is 19.8 Å². The van der Waals surface area contributed by atoms with Crippen molar-refractivity contribution in [3.63, 3.8) is 0 Å². The van der Waals surface area contributed by atoms with Gasteiger partial charge < -0.3 is 13.9 Å². The number of para-hydroxylation sites is 1. The largest absolute Gasteiger partial charge is 0.490 e. The molecule has 0 aliphatic carbocycles. The van der Waals surface area contributed by atoms with Crippen molar-refractivity contribution >= 4 is 22.6 Å². The highest BCUT2D eigenvalue weighted by atomic mass is 19.1. The highest BCUT2D eigenvalue weighted by Crippen LogP contribution is 2.43. The summed E-state index contributed by atoms with van der Waals surface area (Å²) in [5.74, 6) is 0.0324. The Morgan fingerprint density at radius 3 is 2.54 bits per heavy atom. The SMILES string of the molecule is C=CCOc1ccc(C2c3c(oc4ccccc4c3=O)C(=O)N2c2ccc(F)cc2)cc1OCC. The van der Waals surface area contributed by atoms with Crippen LogP contribution in [0.2, 0.25) is 0 Å². The molecule has 0 spiro atoms. The molecule has 0 radical (unpaired) electrons. The molecule has 0 bridgehead atoms. The third kappa shape index (κ3) is 3.85. The van der Waals surface area contributed by atoms with Crippen molar-refractivity contribution in [2.24, 2.45) is 0 Å². The van der Waals surface area contributed by atoms with Crippen molar-refractivity contribution in [1.82, 2.24) is 0 Å². The van der Waals surface area contributed by atoms with E-state index < -0.39 is 17.8 Å². The topological polar surface area (TPSA) is 69.0 Å². The van der Waals surface area contributed by atoms with Gasteiger partial charge in [0.05, 0.1) is 23.6 Å². The van der Waals surface area contributed by atoms with Crippen molar-refractivity contribution in [3.05, 3.63) is 112 Å². The summed E-state index contributed by atoms with van der Waals surface area (Å²) in [5.41, 5.74) is 1.31. The van der Waals surface area contributed by atoms with Crippen LogP contribution in [0.1, 0.15) is 34.6 Å². The molecule has 0 saturated carbocycles. The number of fused-ring (bicyclic) bond motifs is 2. The molecule has 1 aliphatic heterocycles. The predicted octanol–water partition coefficient (Wildman–Crippen LogP) is 5.65. The first-order valence-electron chi connectivity index (χ1n) is 11.2. The van der Waals surface area contributed by atoms with E-state index in [2.05, 4.69) is 6.58 Å². The zero-order chi connectivity index (χ0) is 24.5. The van der Waals surface area contributed by atoms with Gasteiger partial charge in [0.1, 0.15) is 18.0 Å². The highest BCUT2D eigenvalue weighted by Gasteiger charge is 2.44. The van der Waals surface area contributed by atoms with Crippen LogP contribution in [-0.2, 0) is 0 Å². The van der Waals surface area contributed by atoms with Crippen LogP contribution in [0.3, 0.4) is 0 Å². The van der Waals surface area contributed by atoms with E-state index in [4.69, 9.17) is 13.9 Å². The van der Waals surface area contributed by atoms with Crippen molar-refractivity contribution in [3.8, 4) is 11.5 Å². The lowest BCUT2D eigenvalue weighted by Crippen LogP contribution is -2.29. The number of amides is 1. The molecule has 35 heavy (non-hydrogen) atoms. The van der Waals surface area contributed by atoms with Crippen LogP contribution in [0.5, 0.6) is 11.5 Å². The molecular formula is C28H22FNO5. The summed E-state index contributed by atoms with van der Waals surface area (Å²) in [5, 5.41) is 0.376. The van der Waals surface area contributed by atoms with Crippen molar-refractivity contribution < 1.29 is 23.1 Å². The molecule has 176 valence electrons. The van der Waals surface area contributed by atoms with E-state index >= 15 is 0 Å². The fraction of sp³-hybridized carbons (Fsp3) is 0.143. The average Bonchev–Trinajstić information content (AvgIpc) is 3.16. The maximum absolute atomic E-state index is 13.7. The molecule has 1 amide bonds. The van der Waals surface area contributed by atoms with E-state index in [-0.39, 0.29) is 16.8 Å². The number of carbonyl (C=O) groups excluding carboxylic acids is 1. The van der Waals surface area contributed by atoms with E-state index in [1.165, 1.54) is 29.2 Å². The first-order chi connectivity index (χ1) is 17.0. The molecule has 1 unspecified atom stereocenters. The second-order valence-electron chi connectivity index (χ2n) is 7.96. The number of carbonyl (C=O) groups is 1. The predicted molar refractivity (Wildman–Crippen MR) is 131 cm³/mol. The smallest absolute Gasteiger partial charge is 0.295 e. The molecule has 0 N–H and O–H groups in total. The molecule has 1 aromatic heterocycles. The Morgan fingerprint density at radius 1 is 1.03 bits per heavy atom. The fourth-order valence-electron chi connectivity index (χ4n) is 4.33. The van der Waals surface area contributed by atoms with E-state index in [9.17, 15) is 14.0 Å². The molecule has 0 saturated heterocycles. The zero-order valence-electron chi connectivity index (χ0n) is 19.0. The first-order valence-corrected chi connectivity index (χ1v) is 11.2. The fourth-order valence-corrected chi connectivity index (χ4v) is 4.33. The van der Waals surface area contributed by atoms with Gasteiger partial charge in [0.25, 0.3) is 5.91 Å². The Balaban J connectivity index is 1.74. The molecule has 6 nitrogen and oxygen atoms in total. The number of nitrogens with zero attached hydrogens (tertiary/aromatic N) is 1. The molecule has 7 heteroatoms. The van der Waals surface area contributed by atoms with Gasteiger partial charge in [-0.05, 0) is 61.0 Å². The van der Waals surface area contributed by atoms with Crippen LogP contribution in [-0.4, -0.2) is 19.1 Å². The van der Waals surface area contributed by atoms with Crippen LogP contribution in [0, 0.1) is 5.82 Å². The third-order valence-electron chi connectivity index (χ3n) is 5.82. The van der Waals surface area contributed by atoms with Crippen molar-refractivity contribution in [2.45, 2.75) is 13.0 Å². The normalized spacial score (nSPS) is 14.7. The number of halogens is 1. The van der Waals surface area contributed by atoms with Gasteiger partial charge in [-0.2, -0.15) is 0 Å². The van der Waals surface area contributed by atoms with Gasteiger partial charge in [0, 0.05) is 5.69 Å². The second-order valence-corrected chi connectivity index (χ2v) is 7.96. The van der Waals surface area contributed by atoms with Gasteiger partial charge in [0.15, 0.2) is 16.9 Å². The molecular weight excluding hydrogens is 449 g/mol. The maximum atomic E-state index is 13.7. The van der Waals surface area contributed by atoms with Crippen LogP contribution in [0.4, 0.5) is 10.1 Å². The molecule has 0 fully saturated rings. The van der Waals surface area contributed by atoms with E-state index in [0.29, 0.717) is 46.9 Å². The van der Waals surface area contributed by atoms with Crippen LogP contribution in [0.15, 0.2) is 88.6 Å². The Morgan fingerprint density at radius 2 is 1.80 bits per heavy atom. The standard InChI is InChI=1S/C28H22FNO5/c1-3-15-34-22-14-9-17(16-23(22)33-4-2)25-24-26(31)20-7-5-6-8-21(20)35-27(24)28(32)30(25)19-12-10-18(29)11-13-19/h3,5-14,16,25H,1,4,15H2,2H3. The number of anilines is 1. The minimum atomic E-state index is -0.809. The average molecular weight is 471 g/mol. The highest BCUT2D eigenvalue weighted by molar-refractivity contribution is 6.10. The summed E-state index contributed by atoms with van der Waals surface area (Å²) >= 11 is 0. The number of rotatable bonds is 7.